The number of alkyl halides is 4. The molecule has 0 atom stereocenters. The summed E-state index contributed by atoms with van der Waals surface area (Å²) in [6, 6.07) is 3.24. The van der Waals surface area contributed by atoms with E-state index < -0.39 is 21.4 Å². The molecule has 0 aliphatic rings. The van der Waals surface area contributed by atoms with E-state index in [4.69, 9.17) is 23.2 Å². The molecule has 0 radical (unpaired) electrons. The number of allylic oxidation sites excluding steroid dienone is 1. The molecule has 1 rings (SSSR count). The van der Waals surface area contributed by atoms with E-state index in [1.165, 1.54) is 6.07 Å². The molecule has 0 N–H and O–H groups in total. The summed E-state index contributed by atoms with van der Waals surface area (Å²) in [4.78, 5) is 0. The van der Waals surface area contributed by atoms with E-state index >= 15 is 0 Å². The number of halogens is 5. The van der Waals surface area contributed by atoms with Gasteiger partial charge in [-0.25, -0.2) is 0 Å². The summed E-state index contributed by atoms with van der Waals surface area (Å²) < 4.78 is 61.8. The molecule has 106 valence electrons. The number of hydrogen-bond acceptors (Lipinski definition) is 3. The van der Waals surface area contributed by atoms with Gasteiger partial charge < -0.3 is 4.18 Å². The van der Waals surface area contributed by atoms with Crippen LogP contribution in [0.4, 0.5) is 13.2 Å². The van der Waals surface area contributed by atoms with Gasteiger partial charge in [0.2, 0.25) is 0 Å². The van der Waals surface area contributed by atoms with E-state index in [2.05, 4.69) is 10.8 Å². The number of hydrogen-bond donors (Lipinski definition) is 0. The van der Waals surface area contributed by atoms with Crippen molar-refractivity contribution in [3.05, 3.63) is 35.4 Å². The first-order valence-corrected chi connectivity index (χ1v) is 6.95. The number of rotatable bonds is 4. The zero-order valence-electron chi connectivity index (χ0n) is 9.17. The van der Waals surface area contributed by atoms with Crippen molar-refractivity contribution < 1.29 is 25.8 Å². The maximum Gasteiger partial charge on any atom is 0.534 e. The molecule has 1 aromatic rings. The van der Waals surface area contributed by atoms with E-state index in [0.717, 1.165) is 12.1 Å². The quantitative estimate of drug-likeness (QED) is 0.477. The van der Waals surface area contributed by atoms with Gasteiger partial charge in [-0.05, 0) is 23.3 Å². The molecule has 0 unspecified atom stereocenters. The fourth-order valence-corrected chi connectivity index (χ4v) is 1.98. The smallest absolute Gasteiger partial charge is 0.376 e. The van der Waals surface area contributed by atoms with E-state index in [1.54, 1.807) is 0 Å². The molecule has 0 saturated carbocycles. The fourth-order valence-electron chi connectivity index (χ4n) is 1.08. The minimum Gasteiger partial charge on any atom is -0.376 e. The van der Waals surface area contributed by atoms with Gasteiger partial charge >= 0.3 is 15.6 Å². The van der Waals surface area contributed by atoms with Crippen LogP contribution >= 0.6 is 23.2 Å². The van der Waals surface area contributed by atoms with Crippen molar-refractivity contribution in [2.24, 2.45) is 0 Å². The first kappa shape index (κ1) is 16.1. The summed E-state index contributed by atoms with van der Waals surface area (Å²) in [5.74, 6) is -0.478. The molecule has 0 spiro atoms. The van der Waals surface area contributed by atoms with Crippen molar-refractivity contribution in [2.75, 3.05) is 5.88 Å². The predicted octanol–water partition coefficient (Wildman–Crippen LogP) is 3.82. The largest absolute Gasteiger partial charge is 0.534 e. The van der Waals surface area contributed by atoms with Crippen LogP contribution in [0.25, 0.3) is 5.57 Å². The van der Waals surface area contributed by atoms with Gasteiger partial charge in [0.05, 0.1) is 5.02 Å². The van der Waals surface area contributed by atoms with Crippen LogP contribution < -0.4 is 4.18 Å². The second-order valence-electron chi connectivity index (χ2n) is 3.36. The van der Waals surface area contributed by atoms with Crippen molar-refractivity contribution in [3.63, 3.8) is 0 Å². The van der Waals surface area contributed by atoms with Crippen LogP contribution in [0, 0.1) is 0 Å². The third-order valence-corrected chi connectivity index (χ3v) is 3.59. The average Bonchev–Trinajstić information content (AvgIpc) is 2.26. The van der Waals surface area contributed by atoms with Crippen molar-refractivity contribution >= 4 is 38.9 Å². The second-order valence-corrected chi connectivity index (χ2v) is 5.57. The molecule has 0 aromatic heterocycles. The summed E-state index contributed by atoms with van der Waals surface area (Å²) in [5.41, 5.74) is -4.66. The van der Waals surface area contributed by atoms with Crippen LogP contribution in [-0.4, -0.2) is 19.8 Å². The maximum atomic E-state index is 12.1. The van der Waals surface area contributed by atoms with Crippen LogP contribution in [0.5, 0.6) is 5.75 Å². The Balaban J connectivity index is 3.07. The van der Waals surface area contributed by atoms with Crippen LogP contribution in [-0.2, 0) is 10.1 Å². The molecule has 9 heteroatoms. The van der Waals surface area contributed by atoms with Crippen LogP contribution in [0.15, 0.2) is 24.8 Å². The summed E-state index contributed by atoms with van der Waals surface area (Å²) >= 11 is 11.3. The van der Waals surface area contributed by atoms with Gasteiger partial charge in [-0.1, -0.05) is 18.2 Å². The Kier molecular flexibility index (Phi) is 4.76. The highest BCUT2D eigenvalue weighted by Crippen LogP contribution is 2.31. The Morgan fingerprint density at radius 3 is 2.37 bits per heavy atom. The van der Waals surface area contributed by atoms with Crippen LogP contribution in [0.3, 0.4) is 0 Å². The van der Waals surface area contributed by atoms with Gasteiger partial charge in [-0.15, -0.1) is 11.6 Å². The molecule has 0 aliphatic carbocycles. The maximum absolute atomic E-state index is 12.1. The molecule has 0 amide bonds. The fraction of sp³-hybridized carbons (Fsp3) is 0.200. The van der Waals surface area contributed by atoms with Gasteiger partial charge in [0.25, 0.3) is 0 Å². The van der Waals surface area contributed by atoms with E-state index in [0.29, 0.717) is 11.1 Å². The molecular weight excluding hydrogens is 328 g/mol. The molecule has 0 heterocycles. The van der Waals surface area contributed by atoms with Gasteiger partial charge in [-0.3, -0.25) is 0 Å². The molecule has 3 nitrogen and oxygen atoms in total. The Labute approximate surface area is 117 Å². The lowest BCUT2D eigenvalue weighted by atomic mass is 10.1. The summed E-state index contributed by atoms with van der Waals surface area (Å²) in [7, 11) is -5.71. The molecule has 0 bridgehead atoms. The van der Waals surface area contributed by atoms with E-state index in [-0.39, 0.29) is 10.9 Å². The van der Waals surface area contributed by atoms with Crippen molar-refractivity contribution in [1.29, 1.82) is 0 Å². The zero-order valence-corrected chi connectivity index (χ0v) is 11.5. The summed E-state index contributed by atoms with van der Waals surface area (Å²) in [5, 5.41) is -0.0134. The third-order valence-electron chi connectivity index (χ3n) is 1.97. The summed E-state index contributed by atoms with van der Waals surface area (Å²) in [6.45, 7) is 3.59. The highest BCUT2D eigenvalue weighted by Gasteiger charge is 2.48. The SMILES string of the molecule is C=C(CCl)c1ccc(OS(=O)(=O)C(F)(F)F)cc1Cl. The van der Waals surface area contributed by atoms with Crippen LogP contribution in [0.2, 0.25) is 5.02 Å². The van der Waals surface area contributed by atoms with E-state index in [9.17, 15) is 21.6 Å². The lowest BCUT2D eigenvalue weighted by Crippen LogP contribution is -2.28. The predicted molar refractivity (Wildman–Crippen MR) is 66.8 cm³/mol. The Morgan fingerprint density at radius 2 is 1.95 bits per heavy atom. The first-order chi connectivity index (χ1) is 8.58. The van der Waals surface area contributed by atoms with Gasteiger partial charge in [-0.2, -0.15) is 21.6 Å². The van der Waals surface area contributed by atoms with Gasteiger partial charge in [0.1, 0.15) is 5.75 Å². The highest BCUT2D eigenvalue weighted by molar-refractivity contribution is 7.88. The average molecular weight is 335 g/mol. The Bertz CT molecular complexity index is 597. The van der Waals surface area contributed by atoms with Gasteiger partial charge in [0.15, 0.2) is 0 Å². The van der Waals surface area contributed by atoms with Gasteiger partial charge in [0, 0.05) is 11.9 Å². The normalized spacial score (nSPS) is 12.3. The van der Waals surface area contributed by atoms with Crippen molar-refractivity contribution in [1.82, 2.24) is 0 Å². The van der Waals surface area contributed by atoms with Crippen LogP contribution in [0.1, 0.15) is 5.56 Å². The lowest BCUT2D eigenvalue weighted by Gasteiger charge is -2.11. The molecule has 0 saturated heterocycles. The summed E-state index contributed by atoms with van der Waals surface area (Å²) in [6.07, 6.45) is 0. The standard InChI is InChI=1S/C10H7Cl2F3O3S/c1-6(5-11)8-3-2-7(4-9(8)12)18-19(16,17)10(13,14)15/h2-4H,1,5H2. The zero-order chi connectivity index (χ0) is 14.8. The first-order valence-electron chi connectivity index (χ1n) is 4.63. The van der Waals surface area contributed by atoms with Crippen molar-refractivity contribution in [3.8, 4) is 5.75 Å². The molecule has 1 aromatic carbocycles. The Hall–Kier alpha value is -0.920. The lowest BCUT2D eigenvalue weighted by molar-refractivity contribution is -0.0500. The monoisotopic (exact) mass is 334 g/mol. The second kappa shape index (κ2) is 5.60. The molecule has 0 fully saturated rings. The Morgan fingerprint density at radius 1 is 1.37 bits per heavy atom. The topological polar surface area (TPSA) is 43.4 Å². The van der Waals surface area contributed by atoms with E-state index in [1.807, 2.05) is 0 Å². The minimum atomic E-state index is -5.71. The molecule has 19 heavy (non-hydrogen) atoms. The molecular formula is C10H7Cl2F3O3S. The minimum absolute atomic E-state index is 0.0134. The third kappa shape index (κ3) is 3.77. The van der Waals surface area contributed by atoms with Crippen molar-refractivity contribution in [2.45, 2.75) is 5.51 Å². The molecule has 0 aliphatic heterocycles. The highest BCUT2D eigenvalue weighted by atomic mass is 35.5. The number of benzene rings is 1.